The van der Waals surface area contributed by atoms with Crippen LogP contribution in [0.2, 0.25) is 0 Å². The Morgan fingerprint density at radius 2 is 1.50 bits per heavy atom. The Hall–Kier alpha value is -3.38. The molecule has 0 saturated carbocycles. The molecule has 2 N–H and O–H groups in total. The Balaban J connectivity index is 1.71. The van der Waals surface area contributed by atoms with Gasteiger partial charge in [0.2, 0.25) is 0 Å². The predicted octanol–water partition coefficient (Wildman–Crippen LogP) is 3.13. The lowest BCUT2D eigenvalue weighted by molar-refractivity contribution is -0.880. The van der Waals surface area contributed by atoms with Gasteiger partial charge in [-0.05, 0) is 23.3 Å². The average molecular weight is 404 g/mol. The van der Waals surface area contributed by atoms with Crippen molar-refractivity contribution < 1.29 is 9.82 Å². The van der Waals surface area contributed by atoms with Crippen LogP contribution in [0.25, 0.3) is 0 Å². The molecule has 0 atom stereocenters. The molecule has 0 spiro atoms. The third-order valence-electron chi connectivity index (χ3n) is 5.72. The molecule has 1 fully saturated rings. The summed E-state index contributed by atoms with van der Waals surface area (Å²) in [7, 11) is 2.20. The van der Waals surface area contributed by atoms with Crippen molar-refractivity contribution >= 4 is 17.1 Å². The Kier molecular flexibility index (Phi) is 5.95. The van der Waals surface area contributed by atoms with Gasteiger partial charge < -0.3 is 15.1 Å². The lowest BCUT2D eigenvalue weighted by Gasteiger charge is -2.32. The van der Waals surface area contributed by atoms with E-state index in [-0.39, 0.29) is 16.7 Å². The maximum atomic E-state index is 11.8. The SMILES string of the molecule is C[NH+]1CCN(c2ccc([N+](=O)[O-])c(NC(c3ccccc3)c3ccccc3)c2)CC1. The van der Waals surface area contributed by atoms with Crippen LogP contribution in [0.15, 0.2) is 78.9 Å². The van der Waals surface area contributed by atoms with Gasteiger partial charge >= 0.3 is 0 Å². The van der Waals surface area contributed by atoms with E-state index in [4.69, 9.17) is 0 Å². The zero-order valence-corrected chi connectivity index (χ0v) is 17.1. The molecule has 1 aliphatic heterocycles. The highest BCUT2D eigenvalue weighted by atomic mass is 16.6. The maximum absolute atomic E-state index is 11.8. The van der Waals surface area contributed by atoms with Gasteiger partial charge in [-0.15, -0.1) is 0 Å². The van der Waals surface area contributed by atoms with Crippen LogP contribution >= 0.6 is 0 Å². The minimum Gasteiger partial charge on any atom is -0.369 e. The molecule has 30 heavy (non-hydrogen) atoms. The number of likely N-dealkylation sites (N-methyl/N-ethyl adjacent to an activating group) is 1. The summed E-state index contributed by atoms with van der Waals surface area (Å²) in [6.07, 6.45) is 0. The van der Waals surface area contributed by atoms with Crippen LogP contribution in [0.3, 0.4) is 0 Å². The van der Waals surface area contributed by atoms with Crippen molar-refractivity contribution in [3.63, 3.8) is 0 Å². The Bertz CT molecular complexity index is 947. The largest absolute Gasteiger partial charge is 0.369 e. The molecule has 1 saturated heterocycles. The van der Waals surface area contributed by atoms with Crippen LogP contribution in [0, 0.1) is 10.1 Å². The number of benzene rings is 3. The highest BCUT2D eigenvalue weighted by Gasteiger charge is 2.23. The topological polar surface area (TPSA) is 62.9 Å². The number of quaternary nitrogens is 1. The highest BCUT2D eigenvalue weighted by Crippen LogP contribution is 2.34. The molecule has 0 radical (unpaired) electrons. The molecule has 0 aromatic heterocycles. The van der Waals surface area contributed by atoms with Crippen molar-refractivity contribution in [3.05, 3.63) is 100 Å². The number of nitrogens with one attached hydrogen (secondary N) is 2. The molecule has 0 aliphatic carbocycles. The Morgan fingerprint density at radius 1 is 0.933 bits per heavy atom. The monoisotopic (exact) mass is 403 g/mol. The van der Waals surface area contributed by atoms with Crippen LogP contribution in [-0.2, 0) is 0 Å². The summed E-state index contributed by atoms with van der Waals surface area (Å²) >= 11 is 0. The molecule has 154 valence electrons. The normalized spacial score (nSPS) is 14.7. The first-order chi connectivity index (χ1) is 14.6. The Labute approximate surface area is 176 Å². The van der Waals surface area contributed by atoms with Gasteiger partial charge in [-0.3, -0.25) is 10.1 Å². The van der Waals surface area contributed by atoms with E-state index in [0.717, 1.165) is 43.0 Å². The molecule has 0 bridgehead atoms. The van der Waals surface area contributed by atoms with E-state index in [0.29, 0.717) is 5.69 Å². The lowest BCUT2D eigenvalue weighted by Crippen LogP contribution is -3.12. The summed E-state index contributed by atoms with van der Waals surface area (Å²) in [6, 6.07) is 25.3. The van der Waals surface area contributed by atoms with Gasteiger partial charge in [-0.1, -0.05) is 60.7 Å². The van der Waals surface area contributed by atoms with Crippen molar-refractivity contribution in [1.29, 1.82) is 0 Å². The van der Waals surface area contributed by atoms with Crippen molar-refractivity contribution in [2.75, 3.05) is 43.4 Å². The summed E-state index contributed by atoms with van der Waals surface area (Å²) in [5.41, 5.74) is 3.78. The zero-order valence-electron chi connectivity index (χ0n) is 17.1. The van der Waals surface area contributed by atoms with Crippen LogP contribution in [-0.4, -0.2) is 38.2 Å². The van der Waals surface area contributed by atoms with E-state index in [9.17, 15) is 10.1 Å². The zero-order chi connectivity index (χ0) is 20.9. The second kappa shape index (κ2) is 8.97. The molecule has 3 aromatic carbocycles. The predicted molar refractivity (Wildman–Crippen MR) is 120 cm³/mol. The second-order valence-corrected chi connectivity index (χ2v) is 7.80. The molecular formula is C24H27N4O2+. The van der Waals surface area contributed by atoms with Gasteiger partial charge in [0.1, 0.15) is 5.69 Å². The van der Waals surface area contributed by atoms with E-state index in [1.165, 1.54) is 4.90 Å². The van der Waals surface area contributed by atoms with Crippen molar-refractivity contribution in [3.8, 4) is 0 Å². The molecular weight excluding hydrogens is 376 g/mol. The number of anilines is 2. The highest BCUT2D eigenvalue weighted by molar-refractivity contribution is 5.70. The number of nitro groups is 1. The van der Waals surface area contributed by atoms with Gasteiger partial charge in [0, 0.05) is 11.8 Å². The van der Waals surface area contributed by atoms with E-state index >= 15 is 0 Å². The first kappa shape index (κ1) is 19.9. The first-order valence-electron chi connectivity index (χ1n) is 10.3. The van der Waals surface area contributed by atoms with Gasteiger partial charge in [-0.2, -0.15) is 0 Å². The smallest absolute Gasteiger partial charge is 0.292 e. The number of hydrogen-bond donors (Lipinski definition) is 2. The maximum Gasteiger partial charge on any atom is 0.292 e. The third kappa shape index (κ3) is 4.44. The van der Waals surface area contributed by atoms with Gasteiger partial charge in [0.15, 0.2) is 0 Å². The first-order valence-corrected chi connectivity index (χ1v) is 10.3. The van der Waals surface area contributed by atoms with Crippen molar-refractivity contribution in [2.45, 2.75) is 6.04 Å². The quantitative estimate of drug-likeness (QED) is 0.490. The number of nitro benzene ring substituents is 1. The van der Waals surface area contributed by atoms with Crippen molar-refractivity contribution in [2.24, 2.45) is 0 Å². The molecule has 1 aliphatic rings. The lowest BCUT2D eigenvalue weighted by atomic mass is 9.98. The van der Waals surface area contributed by atoms with Gasteiger partial charge in [0.25, 0.3) is 5.69 Å². The van der Waals surface area contributed by atoms with E-state index in [1.807, 2.05) is 72.8 Å². The van der Waals surface area contributed by atoms with Gasteiger partial charge in [-0.25, -0.2) is 0 Å². The summed E-state index contributed by atoms with van der Waals surface area (Å²) in [4.78, 5) is 15.3. The summed E-state index contributed by atoms with van der Waals surface area (Å²) in [5, 5.41) is 15.2. The molecule has 0 amide bonds. The van der Waals surface area contributed by atoms with Crippen LogP contribution < -0.4 is 15.1 Å². The summed E-state index contributed by atoms with van der Waals surface area (Å²) in [6.45, 7) is 4.03. The number of rotatable bonds is 6. The fourth-order valence-electron chi connectivity index (χ4n) is 3.95. The fraction of sp³-hybridized carbons (Fsp3) is 0.250. The van der Waals surface area contributed by atoms with Crippen LogP contribution in [0.4, 0.5) is 17.1 Å². The van der Waals surface area contributed by atoms with E-state index in [1.54, 1.807) is 6.07 Å². The molecule has 6 heteroatoms. The van der Waals surface area contributed by atoms with Gasteiger partial charge in [0.05, 0.1) is 44.2 Å². The standard InChI is InChI=1S/C24H26N4O2/c1-26-14-16-27(17-15-26)21-12-13-23(28(29)30)22(18-21)25-24(19-8-4-2-5-9-19)20-10-6-3-7-11-20/h2-13,18,24-25H,14-17H2,1H3/p+1. The van der Waals surface area contributed by atoms with Crippen LogP contribution in [0.1, 0.15) is 17.2 Å². The average Bonchev–Trinajstić information content (AvgIpc) is 2.79. The number of piperazine rings is 1. The minimum absolute atomic E-state index is 0.0929. The summed E-state index contributed by atoms with van der Waals surface area (Å²) < 4.78 is 0. The third-order valence-corrected chi connectivity index (χ3v) is 5.72. The fourth-order valence-corrected chi connectivity index (χ4v) is 3.95. The Morgan fingerprint density at radius 3 is 2.03 bits per heavy atom. The molecule has 0 unspecified atom stereocenters. The van der Waals surface area contributed by atoms with E-state index in [2.05, 4.69) is 17.3 Å². The molecule has 3 aromatic rings. The summed E-state index contributed by atoms with van der Waals surface area (Å²) in [5.74, 6) is 0. The molecule has 4 rings (SSSR count). The van der Waals surface area contributed by atoms with E-state index < -0.39 is 0 Å². The number of hydrogen-bond acceptors (Lipinski definition) is 4. The minimum atomic E-state index is -0.312. The molecule has 6 nitrogen and oxygen atoms in total. The molecule has 1 heterocycles. The number of nitrogens with zero attached hydrogens (tertiary/aromatic N) is 2. The van der Waals surface area contributed by atoms with Crippen LogP contribution in [0.5, 0.6) is 0 Å². The second-order valence-electron chi connectivity index (χ2n) is 7.80. The van der Waals surface area contributed by atoms with Crippen molar-refractivity contribution in [1.82, 2.24) is 0 Å².